The molecule has 1 N–H and O–H groups in total. The van der Waals surface area contributed by atoms with Gasteiger partial charge in [0.25, 0.3) is 11.8 Å². The number of hydrogen-bond donors (Lipinski definition) is 1. The minimum Gasteiger partial charge on any atom is -0.326 e. The zero-order chi connectivity index (χ0) is 22.1. The van der Waals surface area contributed by atoms with Gasteiger partial charge in [-0.15, -0.1) is 0 Å². The van der Waals surface area contributed by atoms with Crippen molar-refractivity contribution >= 4 is 29.1 Å². The lowest BCUT2D eigenvalue weighted by atomic mass is 10.1. The average molecular weight is 422 g/mol. The minimum atomic E-state index is -0.373. The number of carbonyl (C=O) groups is 3. The second-order valence-corrected chi connectivity index (χ2v) is 7.40. The number of benzene rings is 3. The number of amides is 3. The molecule has 3 amide bonds. The predicted octanol–water partition coefficient (Wildman–Crippen LogP) is 3.85. The first-order chi connectivity index (χ1) is 15.6. The van der Waals surface area contributed by atoms with Crippen LogP contribution in [-0.4, -0.2) is 27.5 Å². The van der Waals surface area contributed by atoms with E-state index in [1.54, 1.807) is 59.4 Å². The first-order valence-corrected chi connectivity index (χ1v) is 10.1. The predicted molar refractivity (Wildman–Crippen MR) is 120 cm³/mol. The molecule has 4 aromatic rings. The Kier molecular flexibility index (Phi) is 4.84. The molecule has 0 unspecified atom stereocenters. The summed E-state index contributed by atoms with van der Waals surface area (Å²) in [6, 6.07) is 23.1. The fourth-order valence-electron chi connectivity index (χ4n) is 3.71. The van der Waals surface area contributed by atoms with Crippen LogP contribution in [0.25, 0.3) is 5.69 Å². The second-order valence-electron chi connectivity index (χ2n) is 7.40. The second kappa shape index (κ2) is 7.96. The first kappa shape index (κ1) is 19.4. The lowest BCUT2D eigenvalue weighted by Gasteiger charge is -2.15. The van der Waals surface area contributed by atoms with Crippen LogP contribution in [-0.2, 0) is 11.2 Å². The fraction of sp³-hybridized carbons (Fsp3) is 0.0400. The van der Waals surface area contributed by atoms with Gasteiger partial charge in [-0.1, -0.05) is 36.4 Å². The van der Waals surface area contributed by atoms with Crippen LogP contribution in [0.4, 0.5) is 11.4 Å². The van der Waals surface area contributed by atoms with Gasteiger partial charge < -0.3 is 5.32 Å². The number of aromatic nitrogens is 2. The van der Waals surface area contributed by atoms with Gasteiger partial charge in [0, 0.05) is 11.9 Å². The van der Waals surface area contributed by atoms with Gasteiger partial charge in [0.1, 0.15) is 0 Å². The third-order valence-electron chi connectivity index (χ3n) is 5.20. The molecule has 0 bridgehead atoms. The molecule has 3 aromatic carbocycles. The zero-order valence-electron chi connectivity index (χ0n) is 16.9. The highest BCUT2D eigenvalue weighted by molar-refractivity contribution is 6.34. The van der Waals surface area contributed by atoms with E-state index in [2.05, 4.69) is 10.4 Å². The van der Waals surface area contributed by atoms with E-state index in [-0.39, 0.29) is 24.1 Å². The van der Waals surface area contributed by atoms with Crippen LogP contribution in [0.15, 0.2) is 91.3 Å². The molecule has 7 nitrogen and oxygen atoms in total. The molecule has 0 fully saturated rings. The largest absolute Gasteiger partial charge is 0.326 e. The highest BCUT2D eigenvalue weighted by Gasteiger charge is 2.36. The molecule has 2 heterocycles. The zero-order valence-corrected chi connectivity index (χ0v) is 16.9. The Morgan fingerprint density at radius 1 is 0.812 bits per heavy atom. The molecule has 1 aliphatic rings. The van der Waals surface area contributed by atoms with Crippen LogP contribution in [0, 0.1) is 0 Å². The third kappa shape index (κ3) is 3.56. The maximum atomic E-state index is 12.7. The Morgan fingerprint density at radius 2 is 1.47 bits per heavy atom. The number of rotatable bonds is 5. The van der Waals surface area contributed by atoms with Crippen molar-refractivity contribution in [3.8, 4) is 5.69 Å². The monoisotopic (exact) mass is 422 g/mol. The van der Waals surface area contributed by atoms with Gasteiger partial charge in [0.2, 0.25) is 5.91 Å². The Morgan fingerprint density at radius 3 is 2.19 bits per heavy atom. The quantitative estimate of drug-likeness (QED) is 0.495. The summed E-state index contributed by atoms with van der Waals surface area (Å²) in [5.41, 5.74) is 3.34. The van der Waals surface area contributed by atoms with E-state index in [1.165, 1.54) is 0 Å². The molecule has 156 valence electrons. The summed E-state index contributed by atoms with van der Waals surface area (Å²) in [7, 11) is 0. The number of nitrogens with one attached hydrogen (secondary N) is 1. The summed E-state index contributed by atoms with van der Waals surface area (Å²) in [6.07, 6.45) is 3.61. The van der Waals surface area contributed by atoms with Gasteiger partial charge in [0.15, 0.2) is 0 Å². The summed E-state index contributed by atoms with van der Waals surface area (Å²) in [6.45, 7) is 0. The summed E-state index contributed by atoms with van der Waals surface area (Å²) in [4.78, 5) is 39.1. The van der Waals surface area contributed by atoms with Gasteiger partial charge in [-0.3, -0.25) is 14.4 Å². The molecule has 0 atom stereocenters. The molecule has 0 saturated heterocycles. The molecule has 0 spiro atoms. The highest BCUT2D eigenvalue weighted by atomic mass is 16.2. The molecule has 0 radical (unpaired) electrons. The van der Waals surface area contributed by atoms with Crippen molar-refractivity contribution in [2.24, 2.45) is 0 Å². The Hall–Kier alpha value is -4.52. The van der Waals surface area contributed by atoms with E-state index >= 15 is 0 Å². The van der Waals surface area contributed by atoms with Crippen molar-refractivity contribution < 1.29 is 14.4 Å². The molecule has 7 heteroatoms. The third-order valence-corrected chi connectivity index (χ3v) is 5.20. The van der Waals surface area contributed by atoms with Crippen molar-refractivity contribution in [1.29, 1.82) is 0 Å². The molecular weight excluding hydrogens is 404 g/mol. The van der Waals surface area contributed by atoms with Crippen molar-refractivity contribution in [2.75, 3.05) is 10.2 Å². The van der Waals surface area contributed by atoms with Crippen molar-refractivity contribution in [1.82, 2.24) is 9.78 Å². The Labute approximate surface area is 183 Å². The molecule has 0 saturated carbocycles. The summed E-state index contributed by atoms with van der Waals surface area (Å²) in [5.74, 6) is -0.970. The molecule has 5 rings (SSSR count). The number of anilines is 2. The Balaban J connectivity index is 1.30. The van der Waals surface area contributed by atoms with Crippen LogP contribution in [0.5, 0.6) is 0 Å². The number of nitrogens with zero attached hydrogens (tertiary/aromatic N) is 3. The smallest absolute Gasteiger partial charge is 0.266 e. The summed E-state index contributed by atoms with van der Waals surface area (Å²) >= 11 is 0. The van der Waals surface area contributed by atoms with Crippen molar-refractivity contribution in [3.05, 3.63) is 108 Å². The van der Waals surface area contributed by atoms with Crippen LogP contribution >= 0.6 is 0 Å². The normalized spacial score (nSPS) is 12.7. The van der Waals surface area contributed by atoms with Gasteiger partial charge in [-0.05, 0) is 48.0 Å². The molecule has 32 heavy (non-hydrogen) atoms. The maximum Gasteiger partial charge on any atom is 0.266 e. The van der Waals surface area contributed by atoms with E-state index in [0.29, 0.717) is 22.5 Å². The summed E-state index contributed by atoms with van der Waals surface area (Å²) in [5, 5.41) is 7.13. The molecular formula is C25H18N4O3. The van der Waals surface area contributed by atoms with E-state index < -0.39 is 0 Å². The van der Waals surface area contributed by atoms with E-state index in [9.17, 15) is 14.4 Å². The molecule has 0 aliphatic carbocycles. The van der Waals surface area contributed by atoms with E-state index in [0.717, 1.165) is 16.2 Å². The molecule has 1 aromatic heterocycles. The van der Waals surface area contributed by atoms with Crippen LogP contribution in [0.2, 0.25) is 0 Å². The van der Waals surface area contributed by atoms with Crippen LogP contribution in [0.1, 0.15) is 26.3 Å². The van der Waals surface area contributed by atoms with Gasteiger partial charge in [0.05, 0.1) is 35.1 Å². The van der Waals surface area contributed by atoms with Gasteiger partial charge in [-0.25, -0.2) is 9.58 Å². The lowest BCUT2D eigenvalue weighted by Crippen LogP contribution is -2.29. The van der Waals surface area contributed by atoms with E-state index in [1.807, 2.05) is 36.5 Å². The number of hydrogen-bond acceptors (Lipinski definition) is 4. The number of imide groups is 1. The van der Waals surface area contributed by atoms with Gasteiger partial charge in [-0.2, -0.15) is 5.10 Å². The van der Waals surface area contributed by atoms with Crippen molar-refractivity contribution in [2.45, 2.75) is 6.42 Å². The lowest BCUT2D eigenvalue weighted by molar-refractivity contribution is -0.115. The topological polar surface area (TPSA) is 84.3 Å². The maximum absolute atomic E-state index is 12.7. The number of fused-ring (bicyclic) bond motifs is 1. The highest BCUT2D eigenvalue weighted by Crippen LogP contribution is 2.29. The Bertz CT molecular complexity index is 1310. The first-order valence-electron chi connectivity index (χ1n) is 10.1. The van der Waals surface area contributed by atoms with Crippen LogP contribution < -0.4 is 10.2 Å². The standard InChI is InChI=1S/C25H18N4O3/c30-23(13-17-15-26-28(16-17)19-8-2-1-3-9-19)27-18-7-6-10-20(14-18)29-24(31)21-11-4-5-12-22(21)25(29)32/h1-12,14-16H,13H2,(H,27,30). The SMILES string of the molecule is O=C(Cc1cnn(-c2ccccc2)c1)Nc1cccc(N2C(=O)c3ccccc3C2=O)c1. The van der Waals surface area contributed by atoms with Crippen LogP contribution in [0.3, 0.4) is 0 Å². The van der Waals surface area contributed by atoms with Crippen molar-refractivity contribution in [3.63, 3.8) is 0 Å². The minimum absolute atomic E-state index is 0.143. The van der Waals surface area contributed by atoms with E-state index in [4.69, 9.17) is 0 Å². The number of carbonyl (C=O) groups excluding carboxylic acids is 3. The fourth-order valence-corrected chi connectivity index (χ4v) is 3.71. The van der Waals surface area contributed by atoms with Gasteiger partial charge >= 0.3 is 0 Å². The summed E-state index contributed by atoms with van der Waals surface area (Å²) < 4.78 is 1.71. The number of para-hydroxylation sites is 1. The average Bonchev–Trinajstić information content (AvgIpc) is 3.37. The molecule has 1 aliphatic heterocycles.